The summed E-state index contributed by atoms with van der Waals surface area (Å²) in [7, 11) is 0. The standard InChI is InChI=1S/C20H24N2O4S/c1-20(2,3)26-19(24)14-9-13-10-15(21)27-17(13)16(25-14)18(23)22-11-12-7-5-4-6-8-12/h4-8,10,14,16H,9,11,21H2,1-3H3,(H,22,23). The Morgan fingerprint density at radius 2 is 2.00 bits per heavy atom. The third-order valence-electron chi connectivity index (χ3n) is 4.02. The number of thiophene rings is 1. The number of amides is 1. The number of hydrogen-bond donors (Lipinski definition) is 2. The predicted molar refractivity (Wildman–Crippen MR) is 104 cm³/mol. The van der Waals surface area contributed by atoms with E-state index in [1.165, 1.54) is 11.3 Å². The van der Waals surface area contributed by atoms with Gasteiger partial charge in [0.05, 0.1) is 5.00 Å². The van der Waals surface area contributed by atoms with E-state index < -0.39 is 23.8 Å². The van der Waals surface area contributed by atoms with Gasteiger partial charge in [-0.15, -0.1) is 11.3 Å². The van der Waals surface area contributed by atoms with Gasteiger partial charge in [0.25, 0.3) is 5.91 Å². The van der Waals surface area contributed by atoms with Crippen LogP contribution in [0.5, 0.6) is 0 Å². The minimum Gasteiger partial charge on any atom is -0.458 e. The molecule has 144 valence electrons. The van der Waals surface area contributed by atoms with Gasteiger partial charge in [-0.05, 0) is 38.0 Å². The van der Waals surface area contributed by atoms with Crippen LogP contribution in [0.3, 0.4) is 0 Å². The molecule has 2 heterocycles. The maximum Gasteiger partial charge on any atom is 0.336 e. The molecule has 1 aliphatic heterocycles. The van der Waals surface area contributed by atoms with Crippen LogP contribution >= 0.6 is 11.3 Å². The number of benzene rings is 1. The Morgan fingerprint density at radius 3 is 2.67 bits per heavy atom. The molecule has 1 amide bonds. The zero-order valence-corrected chi connectivity index (χ0v) is 16.5. The molecule has 2 unspecified atom stereocenters. The topological polar surface area (TPSA) is 90.7 Å². The molecular weight excluding hydrogens is 364 g/mol. The van der Waals surface area contributed by atoms with Crippen LogP contribution in [0.4, 0.5) is 5.00 Å². The smallest absolute Gasteiger partial charge is 0.336 e. The molecule has 3 N–H and O–H groups in total. The Morgan fingerprint density at radius 1 is 1.30 bits per heavy atom. The summed E-state index contributed by atoms with van der Waals surface area (Å²) >= 11 is 1.32. The van der Waals surface area contributed by atoms with Crippen molar-refractivity contribution in [2.45, 2.75) is 51.5 Å². The first-order valence-electron chi connectivity index (χ1n) is 8.81. The molecular formula is C20H24N2O4S. The highest BCUT2D eigenvalue weighted by Crippen LogP contribution is 2.38. The first-order valence-corrected chi connectivity index (χ1v) is 9.62. The Bertz CT molecular complexity index is 826. The van der Waals surface area contributed by atoms with Crippen molar-refractivity contribution in [1.82, 2.24) is 5.32 Å². The normalized spacial score (nSPS) is 19.2. The highest BCUT2D eigenvalue weighted by Gasteiger charge is 2.39. The molecule has 0 bridgehead atoms. The van der Waals surface area contributed by atoms with E-state index in [9.17, 15) is 9.59 Å². The van der Waals surface area contributed by atoms with E-state index in [0.717, 1.165) is 16.0 Å². The van der Waals surface area contributed by atoms with Gasteiger partial charge in [0.1, 0.15) is 5.60 Å². The summed E-state index contributed by atoms with van der Waals surface area (Å²) in [6.45, 7) is 5.77. The molecule has 6 nitrogen and oxygen atoms in total. The third-order valence-corrected chi connectivity index (χ3v) is 5.07. The molecule has 27 heavy (non-hydrogen) atoms. The van der Waals surface area contributed by atoms with Gasteiger partial charge in [-0.25, -0.2) is 4.79 Å². The van der Waals surface area contributed by atoms with Crippen LogP contribution in [-0.2, 0) is 32.0 Å². The second kappa shape index (κ2) is 7.70. The lowest BCUT2D eigenvalue weighted by Gasteiger charge is -2.30. The second-order valence-electron chi connectivity index (χ2n) is 7.48. The maximum absolute atomic E-state index is 12.8. The van der Waals surface area contributed by atoms with Crippen molar-refractivity contribution in [3.8, 4) is 0 Å². The number of ether oxygens (including phenoxy) is 2. The largest absolute Gasteiger partial charge is 0.458 e. The summed E-state index contributed by atoms with van der Waals surface area (Å²) in [5.41, 5.74) is 7.14. The SMILES string of the molecule is CC(C)(C)OC(=O)C1Cc2cc(N)sc2C(C(=O)NCc2ccccc2)O1. The van der Waals surface area contributed by atoms with Crippen molar-refractivity contribution in [2.24, 2.45) is 0 Å². The van der Waals surface area contributed by atoms with E-state index in [0.29, 0.717) is 18.0 Å². The Hall–Kier alpha value is -2.38. The van der Waals surface area contributed by atoms with Gasteiger partial charge in [0.2, 0.25) is 0 Å². The highest BCUT2D eigenvalue weighted by atomic mass is 32.1. The molecule has 0 saturated heterocycles. The lowest BCUT2D eigenvalue weighted by molar-refractivity contribution is -0.175. The van der Waals surface area contributed by atoms with Crippen molar-refractivity contribution in [3.05, 3.63) is 52.4 Å². The van der Waals surface area contributed by atoms with Gasteiger partial charge >= 0.3 is 5.97 Å². The molecule has 2 aromatic rings. The fraction of sp³-hybridized carbons (Fsp3) is 0.400. The van der Waals surface area contributed by atoms with Crippen LogP contribution in [0.1, 0.15) is 42.9 Å². The van der Waals surface area contributed by atoms with E-state index in [4.69, 9.17) is 15.2 Å². The number of nitrogen functional groups attached to an aromatic ring is 1. The number of esters is 1. The molecule has 0 radical (unpaired) electrons. The van der Waals surface area contributed by atoms with Crippen molar-refractivity contribution in [1.29, 1.82) is 0 Å². The van der Waals surface area contributed by atoms with E-state index in [1.807, 2.05) is 30.3 Å². The van der Waals surface area contributed by atoms with E-state index in [-0.39, 0.29) is 5.91 Å². The van der Waals surface area contributed by atoms with Crippen LogP contribution in [0.25, 0.3) is 0 Å². The monoisotopic (exact) mass is 388 g/mol. The number of hydrogen-bond acceptors (Lipinski definition) is 6. The molecule has 0 spiro atoms. The molecule has 7 heteroatoms. The number of fused-ring (bicyclic) bond motifs is 1. The van der Waals surface area contributed by atoms with Crippen molar-refractivity contribution in [3.63, 3.8) is 0 Å². The van der Waals surface area contributed by atoms with Crippen LogP contribution in [-0.4, -0.2) is 23.6 Å². The van der Waals surface area contributed by atoms with Gasteiger partial charge in [0.15, 0.2) is 12.2 Å². The van der Waals surface area contributed by atoms with Gasteiger partial charge < -0.3 is 20.5 Å². The Balaban J connectivity index is 1.76. The number of anilines is 1. The first kappa shape index (κ1) is 19.4. The molecule has 0 aliphatic carbocycles. The van der Waals surface area contributed by atoms with Gasteiger partial charge in [-0.2, -0.15) is 0 Å². The minimum absolute atomic E-state index is 0.296. The zero-order valence-electron chi connectivity index (χ0n) is 15.7. The third kappa shape index (κ3) is 4.87. The fourth-order valence-corrected chi connectivity index (χ4v) is 3.88. The van der Waals surface area contributed by atoms with Crippen molar-refractivity contribution in [2.75, 3.05) is 5.73 Å². The Labute approximate surface area is 162 Å². The summed E-state index contributed by atoms with van der Waals surface area (Å²) in [6, 6.07) is 11.4. The lowest BCUT2D eigenvalue weighted by Crippen LogP contribution is -2.41. The van der Waals surface area contributed by atoms with Crippen LogP contribution in [0.15, 0.2) is 36.4 Å². The fourth-order valence-electron chi connectivity index (χ4n) is 2.89. The minimum atomic E-state index is -0.878. The molecule has 3 rings (SSSR count). The molecule has 1 aromatic heterocycles. The number of carbonyl (C=O) groups excluding carboxylic acids is 2. The molecule has 0 saturated carbocycles. The summed E-state index contributed by atoms with van der Waals surface area (Å²) in [4.78, 5) is 26.0. The summed E-state index contributed by atoms with van der Waals surface area (Å²) in [5.74, 6) is -0.769. The maximum atomic E-state index is 12.8. The summed E-state index contributed by atoms with van der Waals surface area (Å²) < 4.78 is 11.3. The van der Waals surface area contributed by atoms with Crippen LogP contribution < -0.4 is 11.1 Å². The predicted octanol–water partition coefficient (Wildman–Crippen LogP) is 2.97. The molecule has 2 atom stereocenters. The number of nitrogens with one attached hydrogen (secondary N) is 1. The van der Waals surface area contributed by atoms with E-state index in [1.54, 1.807) is 26.8 Å². The Kier molecular flexibility index (Phi) is 5.53. The van der Waals surface area contributed by atoms with Crippen molar-refractivity contribution >= 4 is 28.2 Å². The van der Waals surface area contributed by atoms with Gasteiger partial charge in [-0.1, -0.05) is 30.3 Å². The first-order chi connectivity index (χ1) is 12.7. The molecule has 1 aliphatic rings. The van der Waals surface area contributed by atoms with Crippen LogP contribution in [0.2, 0.25) is 0 Å². The van der Waals surface area contributed by atoms with Gasteiger partial charge in [0, 0.05) is 17.8 Å². The zero-order chi connectivity index (χ0) is 19.6. The molecule has 1 aromatic carbocycles. The average Bonchev–Trinajstić information content (AvgIpc) is 2.98. The number of rotatable bonds is 4. The molecule has 0 fully saturated rings. The average molecular weight is 388 g/mol. The van der Waals surface area contributed by atoms with E-state index >= 15 is 0 Å². The van der Waals surface area contributed by atoms with Gasteiger partial charge in [-0.3, -0.25) is 4.79 Å². The van der Waals surface area contributed by atoms with E-state index in [2.05, 4.69) is 5.32 Å². The second-order valence-corrected chi connectivity index (χ2v) is 8.60. The lowest BCUT2D eigenvalue weighted by atomic mass is 10.0. The number of nitrogens with two attached hydrogens (primary N) is 1. The van der Waals surface area contributed by atoms with Crippen LogP contribution in [0, 0.1) is 0 Å². The quantitative estimate of drug-likeness (QED) is 0.786. The number of carbonyl (C=O) groups is 2. The summed E-state index contributed by atoms with van der Waals surface area (Å²) in [5, 5.41) is 3.47. The highest BCUT2D eigenvalue weighted by molar-refractivity contribution is 7.16. The summed E-state index contributed by atoms with van der Waals surface area (Å²) in [6.07, 6.45) is -1.36. The van der Waals surface area contributed by atoms with Crippen molar-refractivity contribution < 1.29 is 19.1 Å².